The molecule has 0 saturated carbocycles. The molecule has 0 bridgehead atoms. The van der Waals surface area contributed by atoms with E-state index in [4.69, 9.17) is 0 Å². The highest BCUT2D eigenvalue weighted by molar-refractivity contribution is 5.75. The predicted molar refractivity (Wildman–Crippen MR) is 85.0 cm³/mol. The molecule has 0 aliphatic heterocycles. The molecule has 108 valence electrons. The van der Waals surface area contributed by atoms with Crippen molar-refractivity contribution in [2.75, 3.05) is 0 Å². The predicted octanol–water partition coefficient (Wildman–Crippen LogP) is 2.40. The number of para-hydroxylation sites is 2. The first-order valence-corrected chi connectivity index (χ1v) is 7.09. The summed E-state index contributed by atoms with van der Waals surface area (Å²) in [5, 5.41) is 0. The van der Waals surface area contributed by atoms with Gasteiger partial charge in [-0.25, -0.2) is 9.97 Å². The quantitative estimate of drug-likeness (QED) is 0.569. The Morgan fingerprint density at radius 1 is 1.14 bits per heavy atom. The van der Waals surface area contributed by atoms with E-state index in [0.717, 1.165) is 22.3 Å². The van der Waals surface area contributed by atoms with Crippen LogP contribution in [0.1, 0.15) is 11.3 Å². The summed E-state index contributed by atoms with van der Waals surface area (Å²) in [6.07, 6.45) is 3.59. The fourth-order valence-electron chi connectivity index (χ4n) is 2.65. The largest absolute Gasteiger partial charge is 0.324 e. The van der Waals surface area contributed by atoms with Gasteiger partial charge in [0, 0.05) is 12.3 Å². The van der Waals surface area contributed by atoms with Crippen LogP contribution in [-0.4, -0.2) is 18.9 Å². The lowest BCUT2D eigenvalue weighted by Gasteiger charge is -2.06. The first kappa shape index (κ1) is 12.8. The number of rotatable bonds is 2. The van der Waals surface area contributed by atoms with Crippen molar-refractivity contribution in [2.45, 2.75) is 13.5 Å². The SMILES string of the molecule is Cc1ccc2nc(Cn3cnc4ccccc43)cc(=O)n2c1. The monoisotopic (exact) mass is 290 g/mol. The summed E-state index contributed by atoms with van der Waals surface area (Å²) < 4.78 is 3.58. The van der Waals surface area contributed by atoms with Crippen LogP contribution in [0.2, 0.25) is 0 Å². The van der Waals surface area contributed by atoms with Gasteiger partial charge in [0.15, 0.2) is 0 Å². The van der Waals surface area contributed by atoms with E-state index >= 15 is 0 Å². The molecule has 4 aromatic rings. The van der Waals surface area contributed by atoms with E-state index in [0.29, 0.717) is 12.2 Å². The van der Waals surface area contributed by atoms with Crippen molar-refractivity contribution >= 4 is 16.7 Å². The van der Waals surface area contributed by atoms with Gasteiger partial charge in [-0.3, -0.25) is 9.20 Å². The second kappa shape index (κ2) is 4.80. The minimum Gasteiger partial charge on any atom is -0.324 e. The lowest BCUT2D eigenvalue weighted by Crippen LogP contribution is -2.16. The molecule has 0 N–H and O–H groups in total. The maximum atomic E-state index is 12.2. The number of hydrogen-bond acceptors (Lipinski definition) is 3. The fraction of sp³-hybridized carbons (Fsp3) is 0.118. The van der Waals surface area contributed by atoms with Gasteiger partial charge in [-0.05, 0) is 30.7 Å². The first-order chi connectivity index (χ1) is 10.7. The van der Waals surface area contributed by atoms with Crippen LogP contribution in [-0.2, 0) is 6.54 Å². The maximum absolute atomic E-state index is 12.2. The lowest BCUT2D eigenvalue weighted by atomic mass is 10.3. The highest BCUT2D eigenvalue weighted by Gasteiger charge is 2.06. The average molecular weight is 290 g/mol. The number of benzene rings is 1. The van der Waals surface area contributed by atoms with Crippen molar-refractivity contribution in [3.8, 4) is 0 Å². The summed E-state index contributed by atoms with van der Waals surface area (Å²) in [7, 11) is 0. The van der Waals surface area contributed by atoms with Gasteiger partial charge in [-0.1, -0.05) is 18.2 Å². The van der Waals surface area contributed by atoms with Gasteiger partial charge in [0.2, 0.25) is 0 Å². The number of fused-ring (bicyclic) bond motifs is 2. The molecule has 3 heterocycles. The Hall–Kier alpha value is -2.95. The van der Waals surface area contributed by atoms with E-state index in [1.54, 1.807) is 23.0 Å². The van der Waals surface area contributed by atoms with E-state index in [2.05, 4.69) is 9.97 Å². The zero-order valence-electron chi connectivity index (χ0n) is 12.1. The van der Waals surface area contributed by atoms with Gasteiger partial charge in [0.05, 0.1) is 29.6 Å². The molecule has 5 heteroatoms. The van der Waals surface area contributed by atoms with Crippen molar-refractivity contribution in [3.63, 3.8) is 0 Å². The fourth-order valence-corrected chi connectivity index (χ4v) is 2.65. The number of aromatic nitrogens is 4. The lowest BCUT2D eigenvalue weighted by molar-refractivity contribution is 0.790. The van der Waals surface area contributed by atoms with Crippen molar-refractivity contribution in [1.82, 2.24) is 18.9 Å². The minimum atomic E-state index is -0.0619. The molecule has 1 aromatic carbocycles. The maximum Gasteiger partial charge on any atom is 0.258 e. The van der Waals surface area contributed by atoms with E-state index < -0.39 is 0 Å². The zero-order chi connectivity index (χ0) is 15.1. The smallest absolute Gasteiger partial charge is 0.258 e. The number of hydrogen-bond donors (Lipinski definition) is 0. The van der Waals surface area contributed by atoms with Crippen LogP contribution < -0.4 is 5.56 Å². The summed E-state index contributed by atoms with van der Waals surface area (Å²) in [4.78, 5) is 21.2. The summed E-state index contributed by atoms with van der Waals surface area (Å²) in [6, 6.07) is 13.3. The van der Waals surface area contributed by atoms with E-state index in [1.807, 2.05) is 47.9 Å². The minimum absolute atomic E-state index is 0.0619. The van der Waals surface area contributed by atoms with Crippen molar-refractivity contribution in [1.29, 1.82) is 0 Å². The number of aryl methyl sites for hydroxylation is 1. The number of nitrogens with zero attached hydrogens (tertiary/aromatic N) is 4. The van der Waals surface area contributed by atoms with Crippen LogP contribution in [0.15, 0.2) is 59.8 Å². The van der Waals surface area contributed by atoms with Crippen molar-refractivity contribution < 1.29 is 0 Å². The number of pyridine rings is 1. The second-order valence-electron chi connectivity index (χ2n) is 5.38. The molecule has 0 radical (unpaired) electrons. The number of imidazole rings is 1. The van der Waals surface area contributed by atoms with Crippen molar-refractivity contribution in [3.05, 3.63) is 76.6 Å². The van der Waals surface area contributed by atoms with E-state index in [9.17, 15) is 4.79 Å². The van der Waals surface area contributed by atoms with Gasteiger partial charge in [0.1, 0.15) is 5.65 Å². The van der Waals surface area contributed by atoms with Gasteiger partial charge in [-0.2, -0.15) is 0 Å². The Balaban J connectivity index is 1.82. The molecular formula is C17H14N4O. The van der Waals surface area contributed by atoms with Crippen LogP contribution in [0.25, 0.3) is 16.7 Å². The molecule has 22 heavy (non-hydrogen) atoms. The molecule has 0 atom stereocenters. The third kappa shape index (κ3) is 2.07. The summed E-state index contributed by atoms with van der Waals surface area (Å²) >= 11 is 0. The van der Waals surface area contributed by atoms with Crippen molar-refractivity contribution in [2.24, 2.45) is 0 Å². The molecule has 0 fully saturated rings. The summed E-state index contributed by atoms with van der Waals surface area (Å²) in [6.45, 7) is 2.48. The molecule has 0 aliphatic rings. The highest BCUT2D eigenvalue weighted by Crippen LogP contribution is 2.13. The van der Waals surface area contributed by atoms with E-state index in [1.165, 1.54) is 0 Å². The van der Waals surface area contributed by atoms with Crippen LogP contribution in [0.4, 0.5) is 0 Å². The average Bonchev–Trinajstić information content (AvgIpc) is 2.92. The van der Waals surface area contributed by atoms with Gasteiger partial charge < -0.3 is 4.57 Å². The Morgan fingerprint density at radius 3 is 2.91 bits per heavy atom. The molecular weight excluding hydrogens is 276 g/mol. The van der Waals surface area contributed by atoms with Gasteiger partial charge in [-0.15, -0.1) is 0 Å². The molecule has 5 nitrogen and oxygen atoms in total. The second-order valence-corrected chi connectivity index (χ2v) is 5.38. The van der Waals surface area contributed by atoms with Crippen LogP contribution in [0.3, 0.4) is 0 Å². The van der Waals surface area contributed by atoms with Gasteiger partial charge in [0.25, 0.3) is 5.56 Å². The third-order valence-electron chi connectivity index (χ3n) is 3.72. The Bertz CT molecular complexity index is 1050. The zero-order valence-corrected chi connectivity index (χ0v) is 12.1. The Morgan fingerprint density at radius 2 is 2.00 bits per heavy atom. The van der Waals surface area contributed by atoms with Gasteiger partial charge >= 0.3 is 0 Å². The summed E-state index contributed by atoms with van der Waals surface area (Å²) in [5.74, 6) is 0. The molecule has 3 aromatic heterocycles. The molecule has 4 rings (SSSR count). The first-order valence-electron chi connectivity index (χ1n) is 7.09. The molecule has 0 aliphatic carbocycles. The molecule has 0 spiro atoms. The summed E-state index contributed by atoms with van der Waals surface area (Å²) in [5.41, 5.74) is 4.34. The normalized spacial score (nSPS) is 11.3. The molecule has 0 unspecified atom stereocenters. The molecule has 0 saturated heterocycles. The third-order valence-corrected chi connectivity index (χ3v) is 3.72. The highest BCUT2D eigenvalue weighted by atomic mass is 16.1. The molecule has 0 amide bonds. The van der Waals surface area contributed by atoms with Crippen LogP contribution in [0, 0.1) is 6.92 Å². The van der Waals surface area contributed by atoms with E-state index in [-0.39, 0.29) is 5.56 Å². The van der Waals surface area contributed by atoms with Crippen LogP contribution in [0.5, 0.6) is 0 Å². The standard InChI is InChI=1S/C17H14N4O/c1-12-6-7-16-19-13(8-17(22)21(16)9-12)10-20-11-18-14-4-2-3-5-15(14)20/h2-9,11H,10H2,1H3. The Kier molecular flexibility index (Phi) is 2.79. The van der Waals surface area contributed by atoms with Crippen LogP contribution >= 0.6 is 0 Å². The Labute approximate surface area is 126 Å². The topological polar surface area (TPSA) is 52.2 Å².